The molecule has 0 heterocycles. The van der Waals surface area contributed by atoms with Crippen molar-refractivity contribution < 1.29 is 14.1 Å². The number of halogens is 1. The third-order valence-corrected chi connectivity index (χ3v) is 3.01. The zero-order valence-corrected chi connectivity index (χ0v) is 12.0. The first-order chi connectivity index (χ1) is 10.6. The second-order valence-electron chi connectivity index (χ2n) is 4.76. The first kappa shape index (κ1) is 15.9. The second kappa shape index (κ2) is 8.09. The van der Waals surface area contributed by atoms with Crippen molar-refractivity contribution in [1.82, 2.24) is 5.32 Å². The highest BCUT2D eigenvalue weighted by Crippen LogP contribution is 2.13. The molecular weight excluding hydrogens is 287 g/mol. The molecule has 2 aromatic carbocycles. The molecule has 2 aromatic rings. The Morgan fingerprint density at radius 3 is 2.77 bits per heavy atom. The van der Waals surface area contributed by atoms with Crippen molar-refractivity contribution in [2.75, 3.05) is 13.2 Å². The van der Waals surface area contributed by atoms with Crippen LogP contribution < -0.4 is 10.1 Å². The van der Waals surface area contributed by atoms with Gasteiger partial charge in [0.15, 0.2) is 0 Å². The van der Waals surface area contributed by atoms with Crippen molar-refractivity contribution in [2.24, 2.45) is 0 Å². The van der Waals surface area contributed by atoms with Crippen molar-refractivity contribution in [3.8, 4) is 5.75 Å². The van der Waals surface area contributed by atoms with Gasteiger partial charge in [0.25, 0.3) is 5.69 Å². The minimum atomic E-state index is -0.406. The maximum Gasteiger partial charge on any atom is 0.269 e. The van der Waals surface area contributed by atoms with E-state index in [0.29, 0.717) is 25.4 Å². The number of ether oxygens (including phenoxy) is 1. The largest absolute Gasteiger partial charge is 0.493 e. The van der Waals surface area contributed by atoms with Gasteiger partial charge in [-0.3, -0.25) is 10.1 Å². The predicted octanol–water partition coefficient (Wildman–Crippen LogP) is 3.29. The molecule has 0 spiro atoms. The number of non-ortho nitro benzene ring substituents is 1. The Hall–Kier alpha value is -2.47. The normalized spacial score (nSPS) is 10.4. The Labute approximate surface area is 127 Å². The van der Waals surface area contributed by atoms with E-state index in [4.69, 9.17) is 4.74 Å². The number of nitrogens with zero attached hydrogens (tertiary/aromatic N) is 1. The number of rotatable bonds is 8. The summed E-state index contributed by atoms with van der Waals surface area (Å²) in [6.07, 6.45) is 0.755. The number of nitro benzene ring substituents is 1. The first-order valence-corrected chi connectivity index (χ1v) is 6.97. The van der Waals surface area contributed by atoms with E-state index in [2.05, 4.69) is 5.32 Å². The molecule has 0 aliphatic rings. The summed E-state index contributed by atoms with van der Waals surface area (Å²) in [5, 5.41) is 13.9. The summed E-state index contributed by atoms with van der Waals surface area (Å²) in [6.45, 7) is 1.74. The average Bonchev–Trinajstić information content (AvgIpc) is 2.51. The molecule has 0 aliphatic heterocycles. The molecule has 6 heteroatoms. The molecule has 0 aliphatic carbocycles. The molecule has 22 heavy (non-hydrogen) atoms. The Morgan fingerprint density at radius 1 is 1.18 bits per heavy atom. The van der Waals surface area contributed by atoms with Crippen LogP contribution in [0.5, 0.6) is 5.75 Å². The fourth-order valence-electron chi connectivity index (χ4n) is 1.96. The molecule has 0 saturated heterocycles. The van der Waals surface area contributed by atoms with E-state index < -0.39 is 4.92 Å². The van der Waals surface area contributed by atoms with Crippen molar-refractivity contribution >= 4 is 5.69 Å². The third-order valence-electron chi connectivity index (χ3n) is 3.01. The van der Waals surface area contributed by atoms with E-state index in [9.17, 15) is 14.5 Å². The molecule has 0 amide bonds. The summed E-state index contributed by atoms with van der Waals surface area (Å²) in [4.78, 5) is 10.3. The maximum absolute atomic E-state index is 12.9. The summed E-state index contributed by atoms with van der Waals surface area (Å²) >= 11 is 0. The van der Waals surface area contributed by atoms with Gasteiger partial charge >= 0.3 is 0 Å². The van der Waals surface area contributed by atoms with Gasteiger partial charge in [-0.2, -0.15) is 0 Å². The standard InChI is InChI=1S/C16H17FN2O3/c17-14-5-2-7-16(11-14)22-9-3-8-18-12-13-4-1-6-15(10-13)19(20)21/h1-2,4-7,10-11,18H,3,8-9,12H2. The van der Waals surface area contributed by atoms with E-state index in [0.717, 1.165) is 12.0 Å². The molecule has 0 unspecified atom stereocenters. The molecule has 0 atom stereocenters. The smallest absolute Gasteiger partial charge is 0.269 e. The fourth-order valence-corrected chi connectivity index (χ4v) is 1.96. The first-order valence-electron chi connectivity index (χ1n) is 6.97. The topological polar surface area (TPSA) is 64.4 Å². The van der Waals surface area contributed by atoms with Gasteiger partial charge in [-0.05, 0) is 30.7 Å². The van der Waals surface area contributed by atoms with Crippen molar-refractivity contribution in [3.05, 3.63) is 70.0 Å². The van der Waals surface area contributed by atoms with Gasteiger partial charge in [0.05, 0.1) is 11.5 Å². The van der Waals surface area contributed by atoms with Crippen LogP contribution in [0.1, 0.15) is 12.0 Å². The summed E-state index contributed by atoms with van der Waals surface area (Å²) in [5.74, 6) is 0.194. The average molecular weight is 304 g/mol. The van der Waals surface area contributed by atoms with Gasteiger partial charge in [-0.15, -0.1) is 0 Å². The molecule has 0 fully saturated rings. The zero-order chi connectivity index (χ0) is 15.8. The van der Waals surface area contributed by atoms with Crippen LogP contribution in [0.25, 0.3) is 0 Å². The van der Waals surface area contributed by atoms with Crippen molar-refractivity contribution in [2.45, 2.75) is 13.0 Å². The van der Waals surface area contributed by atoms with E-state index in [1.54, 1.807) is 24.3 Å². The number of nitrogens with one attached hydrogen (secondary N) is 1. The van der Waals surface area contributed by atoms with Crippen LogP contribution in [-0.2, 0) is 6.54 Å². The highest BCUT2D eigenvalue weighted by molar-refractivity contribution is 5.34. The molecule has 0 aromatic heterocycles. The molecule has 2 rings (SSSR count). The second-order valence-corrected chi connectivity index (χ2v) is 4.76. The summed E-state index contributed by atoms with van der Waals surface area (Å²) < 4.78 is 18.4. The van der Waals surface area contributed by atoms with Crippen molar-refractivity contribution in [3.63, 3.8) is 0 Å². The van der Waals surface area contributed by atoms with E-state index in [-0.39, 0.29) is 11.5 Å². The van der Waals surface area contributed by atoms with Crippen LogP contribution in [0, 0.1) is 15.9 Å². The summed E-state index contributed by atoms with van der Waals surface area (Å²) in [6, 6.07) is 12.5. The lowest BCUT2D eigenvalue weighted by atomic mass is 10.2. The molecule has 0 bridgehead atoms. The quantitative estimate of drug-likeness (QED) is 0.462. The van der Waals surface area contributed by atoms with Crippen LogP contribution in [0.4, 0.5) is 10.1 Å². The van der Waals surface area contributed by atoms with Crippen molar-refractivity contribution in [1.29, 1.82) is 0 Å². The molecule has 0 saturated carbocycles. The maximum atomic E-state index is 12.9. The van der Waals surface area contributed by atoms with E-state index in [1.165, 1.54) is 18.2 Å². The lowest BCUT2D eigenvalue weighted by Crippen LogP contribution is -2.17. The molecule has 1 N–H and O–H groups in total. The van der Waals surface area contributed by atoms with Gasteiger partial charge in [-0.1, -0.05) is 18.2 Å². The molecule has 116 valence electrons. The summed E-state index contributed by atoms with van der Waals surface area (Å²) in [7, 11) is 0. The van der Waals surface area contributed by atoms with Crippen LogP contribution in [0.2, 0.25) is 0 Å². The zero-order valence-electron chi connectivity index (χ0n) is 12.0. The number of hydrogen-bond donors (Lipinski definition) is 1. The van der Waals surface area contributed by atoms with Crippen LogP contribution in [0.15, 0.2) is 48.5 Å². The van der Waals surface area contributed by atoms with Gasteiger partial charge in [0.2, 0.25) is 0 Å². The minimum Gasteiger partial charge on any atom is -0.493 e. The predicted molar refractivity (Wildman–Crippen MR) is 81.3 cm³/mol. The number of nitro groups is 1. The third kappa shape index (κ3) is 5.14. The van der Waals surface area contributed by atoms with Crippen LogP contribution >= 0.6 is 0 Å². The lowest BCUT2D eigenvalue weighted by molar-refractivity contribution is -0.384. The Kier molecular flexibility index (Phi) is 5.85. The SMILES string of the molecule is O=[N+]([O-])c1cccc(CNCCCOc2cccc(F)c2)c1. The van der Waals surface area contributed by atoms with Gasteiger partial charge in [0.1, 0.15) is 11.6 Å². The summed E-state index contributed by atoms with van der Waals surface area (Å²) in [5.41, 5.74) is 0.953. The highest BCUT2D eigenvalue weighted by atomic mass is 19.1. The Bertz CT molecular complexity index is 634. The van der Waals surface area contributed by atoms with Crippen LogP contribution in [-0.4, -0.2) is 18.1 Å². The van der Waals surface area contributed by atoms with Crippen LogP contribution in [0.3, 0.4) is 0 Å². The van der Waals surface area contributed by atoms with E-state index in [1.807, 2.05) is 6.07 Å². The lowest BCUT2D eigenvalue weighted by Gasteiger charge is -2.07. The fraction of sp³-hybridized carbons (Fsp3) is 0.250. The molecule has 0 radical (unpaired) electrons. The van der Waals surface area contributed by atoms with Gasteiger partial charge < -0.3 is 10.1 Å². The molecule has 5 nitrogen and oxygen atoms in total. The van der Waals surface area contributed by atoms with E-state index >= 15 is 0 Å². The Morgan fingerprint density at radius 2 is 2.00 bits per heavy atom. The highest BCUT2D eigenvalue weighted by Gasteiger charge is 2.04. The molecular formula is C16H17FN2O3. The number of benzene rings is 2. The van der Waals surface area contributed by atoms with Gasteiger partial charge in [0, 0.05) is 24.7 Å². The van der Waals surface area contributed by atoms with Gasteiger partial charge in [-0.25, -0.2) is 4.39 Å². The number of hydrogen-bond acceptors (Lipinski definition) is 4. The Balaban J connectivity index is 1.65. The minimum absolute atomic E-state index is 0.0914. The monoisotopic (exact) mass is 304 g/mol.